The number of benzene rings is 1. The van der Waals surface area contributed by atoms with Crippen LogP contribution in [0.4, 0.5) is 0 Å². The van der Waals surface area contributed by atoms with Gasteiger partial charge in [0.2, 0.25) is 0 Å². The highest BCUT2D eigenvalue weighted by atomic mass is 35.5. The van der Waals surface area contributed by atoms with E-state index >= 15 is 0 Å². The molecule has 1 N–H and O–H groups in total. The van der Waals surface area contributed by atoms with Gasteiger partial charge >= 0.3 is 0 Å². The van der Waals surface area contributed by atoms with Crippen molar-refractivity contribution >= 4 is 11.6 Å². The Morgan fingerprint density at radius 2 is 2.11 bits per heavy atom. The van der Waals surface area contributed by atoms with E-state index in [1.165, 1.54) is 0 Å². The summed E-state index contributed by atoms with van der Waals surface area (Å²) in [5.74, 6) is 1.51. The Bertz CT molecular complexity index is 510. The maximum atomic E-state index is 6.04. The monoisotopic (exact) mass is 279 g/mol. The zero-order valence-corrected chi connectivity index (χ0v) is 11.7. The largest absolute Gasteiger partial charge is 0.484 e. The zero-order valence-electron chi connectivity index (χ0n) is 11.0. The average Bonchev–Trinajstić information content (AvgIpc) is 2.86. The SMILES string of the molecule is CCCNCc1ccoc1COc1ccccc1Cl. The van der Waals surface area contributed by atoms with E-state index in [2.05, 4.69) is 12.2 Å². The Hall–Kier alpha value is -1.45. The highest BCUT2D eigenvalue weighted by molar-refractivity contribution is 6.32. The molecule has 0 saturated carbocycles. The van der Waals surface area contributed by atoms with Crippen LogP contribution in [0, 0.1) is 0 Å². The number of para-hydroxylation sites is 1. The van der Waals surface area contributed by atoms with Crippen LogP contribution >= 0.6 is 11.6 Å². The highest BCUT2D eigenvalue weighted by Gasteiger charge is 2.08. The molecular weight excluding hydrogens is 262 g/mol. The lowest BCUT2D eigenvalue weighted by Gasteiger charge is -2.08. The van der Waals surface area contributed by atoms with Crippen LogP contribution in [0.3, 0.4) is 0 Å². The van der Waals surface area contributed by atoms with Crippen LogP contribution in [0.25, 0.3) is 0 Å². The van der Waals surface area contributed by atoms with Crippen molar-refractivity contribution in [3.8, 4) is 5.75 Å². The van der Waals surface area contributed by atoms with Gasteiger partial charge in [0.25, 0.3) is 0 Å². The summed E-state index contributed by atoms with van der Waals surface area (Å²) >= 11 is 6.04. The Morgan fingerprint density at radius 3 is 2.89 bits per heavy atom. The second kappa shape index (κ2) is 7.22. The standard InChI is InChI=1S/C15H18ClNO2/c1-2-8-17-10-12-7-9-18-15(12)11-19-14-6-4-3-5-13(14)16/h3-7,9,17H,2,8,10-11H2,1H3. The van der Waals surface area contributed by atoms with E-state index in [0.717, 1.165) is 30.8 Å². The first-order valence-corrected chi connectivity index (χ1v) is 6.82. The van der Waals surface area contributed by atoms with Crippen molar-refractivity contribution in [3.63, 3.8) is 0 Å². The first-order valence-electron chi connectivity index (χ1n) is 6.44. The molecule has 1 heterocycles. The molecule has 0 unspecified atom stereocenters. The lowest BCUT2D eigenvalue weighted by Crippen LogP contribution is -2.14. The van der Waals surface area contributed by atoms with Crippen molar-refractivity contribution in [1.29, 1.82) is 0 Å². The molecular formula is C15H18ClNO2. The van der Waals surface area contributed by atoms with Crippen molar-refractivity contribution in [1.82, 2.24) is 5.32 Å². The smallest absolute Gasteiger partial charge is 0.146 e. The lowest BCUT2D eigenvalue weighted by molar-refractivity contribution is 0.268. The fraction of sp³-hybridized carbons (Fsp3) is 0.333. The van der Waals surface area contributed by atoms with Gasteiger partial charge in [-0.15, -0.1) is 0 Å². The van der Waals surface area contributed by atoms with E-state index in [1.807, 2.05) is 30.3 Å². The first kappa shape index (κ1) is 14.0. The summed E-state index contributed by atoms with van der Waals surface area (Å²) in [6, 6.07) is 9.40. The van der Waals surface area contributed by atoms with Crippen LogP contribution in [0.15, 0.2) is 41.0 Å². The molecule has 1 aromatic carbocycles. The van der Waals surface area contributed by atoms with E-state index in [4.69, 9.17) is 20.8 Å². The van der Waals surface area contributed by atoms with Gasteiger partial charge in [0.05, 0.1) is 11.3 Å². The van der Waals surface area contributed by atoms with E-state index in [9.17, 15) is 0 Å². The van der Waals surface area contributed by atoms with E-state index in [1.54, 1.807) is 6.26 Å². The van der Waals surface area contributed by atoms with E-state index in [0.29, 0.717) is 17.4 Å². The fourth-order valence-corrected chi connectivity index (χ4v) is 1.95. The Kier molecular flexibility index (Phi) is 5.31. The summed E-state index contributed by atoms with van der Waals surface area (Å²) in [4.78, 5) is 0. The maximum absolute atomic E-state index is 6.04. The minimum absolute atomic E-state index is 0.389. The molecule has 0 saturated heterocycles. The van der Waals surface area contributed by atoms with Gasteiger partial charge in [-0.05, 0) is 31.2 Å². The van der Waals surface area contributed by atoms with Gasteiger partial charge in [0.1, 0.15) is 18.1 Å². The van der Waals surface area contributed by atoms with Crippen LogP contribution < -0.4 is 10.1 Å². The third-order valence-electron chi connectivity index (χ3n) is 2.78. The number of furan rings is 1. The van der Waals surface area contributed by atoms with Crippen molar-refractivity contribution in [3.05, 3.63) is 52.9 Å². The number of hydrogen-bond acceptors (Lipinski definition) is 3. The first-order chi connectivity index (χ1) is 9.31. The minimum Gasteiger partial charge on any atom is -0.484 e. The molecule has 0 aliphatic heterocycles. The van der Waals surface area contributed by atoms with Crippen LogP contribution in [0.2, 0.25) is 5.02 Å². The highest BCUT2D eigenvalue weighted by Crippen LogP contribution is 2.24. The molecule has 0 aliphatic rings. The van der Waals surface area contributed by atoms with Gasteiger partial charge in [-0.1, -0.05) is 30.7 Å². The summed E-state index contributed by atoms with van der Waals surface area (Å²) in [7, 11) is 0. The summed E-state index contributed by atoms with van der Waals surface area (Å²) in [5, 5.41) is 3.96. The van der Waals surface area contributed by atoms with E-state index in [-0.39, 0.29) is 0 Å². The Balaban J connectivity index is 1.93. The molecule has 19 heavy (non-hydrogen) atoms. The molecule has 2 rings (SSSR count). The van der Waals surface area contributed by atoms with Crippen molar-refractivity contribution in [2.45, 2.75) is 26.5 Å². The Morgan fingerprint density at radius 1 is 1.26 bits per heavy atom. The topological polar surface area (TPSA) is 34.4 Å². The van der Waals surface area contributed by atoms with Gasteiger partial charge < -0.3 is 14.5 Å². The van der Waals surface area contributed by atoms with Crippen LogP contribution in [0.1, 0.15) is 24.7 Å². The van der Waals surface area contributed by atoms with Gasteiger partial charge in [0, 0.05) is 12.1 Å². The summed E-state index contributed by atoms with van der Waals surface area (Å²) in [6.07, 6.45) is 2.80. The summed E-state index contributed by atoms with van der Waals surface area (Å²) < 4.78 is 11.1. The van der Waals surface area contributed by atoms with Gasteiger partial charge in [0.15, 0.2) is 0 Å². The van der Waals surface area contributed by atoms with Crippen LogP contribution in [-0.2, 0) is 13.2 Å². The van der Waals surface area contributed by atoms with Crippen molar-refractivity contribution < 1.29 is 9.15 Å². The molecule has 0 aliphatic carbocycles. The number of hydrogen-bond donors (Lipinski definition) is 1. The second-order valence-electron chi connectivity index (χ2n) is 4.26. The minimum atomic E-state index is 0.389. The molecule has 0 radical (unpaired) electrons. The number of halogens is 1. The van der Waals surface area contributed by atoms with Crippen LogP contribution in [-0.4, -0.2) is 6.54 Å². The number of nitrogens with one attached hydrogen (secondary N) is 1. The molecule has 0 atom stereocenters. The molecule has 0 fully saturated rings. The molecule has 0 bridgehead atoms. The second-order valence-corrected chi connectivity index (χ2v) is 4.67. The number of rotatable bonds is 7. The molecule has 0 amide bonds. The normalized spacial score (nSPS) is 10.6. The maximum Gasteiger partial charge on any atom is 0.146 e. The quantitative estimate of drug-likeness (QED) is 0.778. The lowest BCUT2D eigenvalue weighted by atomic mass is 10.2. The third-order valence-corrected chi connectivity index (χ3v) is 3.09. The summed E-state index contributed by atoms with van der Waals surface area (Å²) in [5.41, 5.74) is 1.13. The summed E-state index contributed by atoms with van der Waals surface area (Å²) in [6.45, 7) is 4.32. The fourth-order valence-electron chi connectivity index (χ4n) is 1.76. The van der Waals surface area contributed by atoms with E-state index < -0.39 is 0 Å². The van der Waals surface area contributed by atoms with Gasteiger partial charge in [-0.2, -0.15) is 0 Å². The molecule has 2 aromatic rings. The molecule has 3 nitrogen and oxygen atoms in total. The third kappa shape index (κ3) is 4.01. The van der Waals surface area contributed by atoms with Crippen molar-refractivity contribution in [2.75, 3.05) is 6.54 Å². The molecule has 0 spiro atoms. The molecule has 1 aromatic heterocycles. The predicted octanol–water partition coefficient (Wildman–Crippen LogP) is 4.01. The van der Waals surface area contributed by atoms with Crippen molar-refractivity contribution in [2.24, 2.45) is 0 Å². The predicted molar refractivity (Wildman–Crippen MR) is 76.5 cm³/mol. The van der Waals surface area contributed by atoms with Gasteiger partial charge in [-0.25, -0.2) is 0 Å². The molecule has 102 valence electrons. The zero-order chi connectivity index (χ0) is 13.5. The number of ether oxygens (including phenoxy) is 1. The van der Waals surface area contributed by atoms with Gasteiger partial charge in [-0.3, -0.25) is 0 Å². The average molecular weight is 280 g/mol. The Labute approximate surface area is 118 Å². The molecule has 4 heteroatoms. The van der Waals surface area contributed by atoms with Crippen LogP contribution in [0.5, 0.6) is 5.75 Å².